The third kappa shape index (κ3) is 11.2. The van der Waals surface area contributed by atoms with E-state index in [1.54, 1.807) is 0 Å². The Hall–Kier alpha value is -1.77. The smallest absolute Gasteiger partial charge is 1.00 e. The van der Waals surface area contributed by atoms with Crippen LogP contribution in [0.5, 0.6) is 0 Å². The predicted octanol–water partition coefficient (Wildman–Crippen LogP) is 5.61. The SMILES string of the molecule is CC(C)C1COC([C]2[CH][CH][CH][C]2P(c2ccccc2)c2ccccc2)=N1.CC(C)C1COC([C]2[CH][CH][CH][C]2P(c2ccccc2)c2ccccc2)=N1.[Au+3].[Cl-].[Fe+2]. The number of aliphatic imine (C=N–C) groups is 2. The Bertz CT molecular complexity index is 1560. The van der Waals surface area contributed by atoms with Gasteiger partial charge in [-0.2, -0.15) is 0 Å². The first-order chi connectivity index (χ1) is 25.5. The van der Waals surface area contributed by atoms with Crippen molar-refractivity contribution in [3.63, 3.8) is 0 Å². The van der Waals surface area contributed by atoms with Crippen LogP contribution in [0.15, 0.2) is 131 Å². The molecule has 0 amide bonds. The van der Waals surface area contributed by atoms with E-state index in [1.807, 2.05) is 0 Å². The van der Waals surface area contributed by atoms with Gasteiger partial charge in [-0.15, -0.1) is 0 Å². The van der Waals surface area contributed by atoms with Crippen molar-refractivity contribution < 1.29 is 61.3 Å². The van der Waals surface area contributed by atoms with Crippen molar-refractivity contribution in [2.75, 3.05) is 13.2 Å². The molecule has 0 aromatic heterocycles. The normalized spacial score (nSPS) is 20.2. The molecule has 2 atom stereocenters. The number of rotatable bonds is 10. The standard InChI is InChI=1S/2C23H23NOP.Au.ClH.Fe/c2*1-17(2)21-16-25-23(24-21)20-14-9-15-22(20)26(18-10-5-3-6-11-18)19-12-7-4-8-13-19;;;/h2*3-15,17,21H,16H2,1-2H3;;1H;/q;;+3;;+2/p-1. The minimum atomic E-state index is -0.636. The molecule has 2 heterocycles. The summed E-state index contributed by atoms with van der Waals surface area (Å²) < 4.78 is 12.0. The van der Waals surface area contributed by atoms with E-state index in [4.69, 9.17) is 19.5 Å². The average molecular weight is 1010 g/mol. The number of ether oxygens (including phenoxy) is 2. The fourth-order valence-corrected chi connectivity index (χ4v) is 11.4. The van der Waals surface area contributed by atoms with Gasteiger partial charge in [0.1, 0.15) is 13.2 Å². The molecule has 9 heteroatoms. The number of nitrogens with zero attached hydrogens (tertiary/aromatic N) is 2. The molecule has 2 aliphatic heterocycles. The van der Waals surface area contributed by atoms with Crippen molar-refractivity contribution in [1.82, 2.24) is 0 Å². The minimum Gasteiger partial charge on any atom is -1.00 e. The van der Waals surface area contributed by atoms with Gasteiger partial charge in [-0.05, 0) is 87.4 Å². The number of hydrogen-bond donors (Lipinski definition) is 0. The molecule has 0 saturated heterocycles. The maximum Gasteiger partial charge on any atom is 3.00 e. The van der Waals surface area contributed by atoms with Crippen LogP contribution < -0.4 is 33.6 Å². The molecule has 4 aromatic rings. The Kier molecular flexibility index (Phi) is 18.7. The van der Waals surface area contributed by atoms with Crippen molar-refractivity contribution in [3.8, 4) is 0 Å². The Balaban J connectivity index is 0.000000232. The fraction of sp³-hybridized carbons (Fsp3) is 0.217. The van der Waals surface area contributed by atoms with Gasteiger partial charge in [0.15, 0.2) is 11.8 Å². The minimum absolute atomic E-state index is 0. The molecule has 284 valence electrons. The van der Waals surface area contributed by atoms with Gasteiger partial charge < -0.3 is 21.9 Å². The first-order valence-electron chi connectivity index (χ1n) is 18.2. The summed E-state index contributed by atoms with van der Waals surface area (Å²) >= 11 is 0. The average Bonchev–Trinajstić information content (AvgIpc) is 4.02. The van der Waals surface area contributed by atoms with E-state index in [9.17, 15) is 0 Å². The van der Waals surface area contributed by atoms with Gasteiger partial charge in [0, 0.05) is 11.3 Å². The summed E-state index contributed by atoms with van der Waals surface area (Å²) in [7, 11) is -1.27. The Morgan fingerprint density at radius 2 is 0.782 bits per heavy atom. The Labute approximate surface area is 365 Å². The van der Waals surface area contributed by atoms with Crippen molar-refractivity contribution in [1.29, 1.82) is 0 Å². The summed E-state index contributed by atoms with van der Waals surface area (Å²) in [5, 5.41) is 5.39. The van der Waals surface area contributed by atoms with Gasteiger partial charge >= 0.3 is 39.4 Å². The van der Waals surface area contributed by atoms with Crippen LogP contribution in [-0.2, 0) is 48.9 Å². The molecule has 4 aromatic carbocycles. The molecule has 4 aliphatic rings. The summed E-state index contributed by atoms with van der Waals surface area (Å²) in [6.45, 7) is 10.2. The van der Waals surface area contributed by atoms with Crippen LogP contribution in [0.1, 0.15) is 27.7 Å². The second kappa shape index (κ2) is 22.4. The van der Waals surface area contributed by atoms with Gasteiger partial charge in [-0.3, -0.25) is 0 Å². The van der Waals surface area contributed by atoms with E-state index < -0.39 is 15.8 Å². The second-order valence-electron chi connectivity index (χ2n) is 13.8. The molecule has 2 aliphatic carbocycles. The first kappa shape index (κ1) is 45.9. The third-order valence-electron chi connectivity index (χ3n) is 9.47. The summed E-state index contributed by atoms with van der Waals surface area (Å²) in [6.07, 6.45) is 13.0. The number of benzene rings is 4. The molecule has 0 bridgehead atoms. The van der Waals surface area contributed by atoms with Crippen LogP contribution in [0.25, 0.3) is 0 Å². The maximum absolute atomic E-state index is 5.99. The summed E-state index contributed by atoms with van der Waals surface area (Å²) in [4.78, 5) is 9.73. The Morgan fingerprint density at radius 1 is 0.491 bits per heavy atom. The van der Waals surface area contributed by atoms with Crippen molar-refractivity contribution in [2.24, 2.45) is 21.8 Å². The molecule has 0 spiro atoms. The van der Waals surface area contributed by atoms with Gasteiger partial charge in [0.2, 0.25) is 0 Å². The number of halogens is 1. The van der Waals surface area contributed by atoms with Crippen LogP contribution in [0, 0.1) is 73.5 Å². The molecular formula is C46H46AuClFeN2O2P2+4. The summed E-state index contributed by atoms with van der Waals surface area (Å²) in [6, 6.07) is 43.6. The molecule has 2 saturated carbocycles. The van der Waals surface area contributed by atoms with E-state index in [0.29, 0.717) is 25.0 Å². The molecule has 10 radical (unpaired) electrons. The Morgan fingerprint density at radius 3 is 1.04 bits per heavy atom. The van der Waals surface area contributed by atoms with Crippen molar-refractivity contribution in [3.05, 3.63) is 183 Å². The molecule has 2 unspecified atom stereocenters. The van der Waals surface area contributed by atoms with E-state index in [0.717, 1.165) is 23.6 Å². The summed E-state index contributed by atoms with van der Waals surface area (Å²) in [5.41, 5.74) is 2.64. The molecule has 0 N–H and O–H groups in total. The van der Waals surface area contributed by atoms with E-state index in [1.165, 1.54) is 32.5 Å². The third-order valence-corrected chi connectivity index (χ3v) is 14.5. The van der Waals surface area contributed by atoms with Crippen LogP contribution in [-0.4, -0.2) is 37.1 Å². The van der Waals surface area contributed by atoms with E-state index >= 15 is 0 Å². The van der Waals surface area contributed by atoms with Gasteiger partial charge in [-0.1, -0.05) is 149 Å². The van der Waals surface area contributed by atoms with Crippen LogP contribution >= 0.6 is 15.8 Å². The van der Waals surface area contributed by atoms with Crippen LogP contribution in [0.4, 0.5) is 0 Å². The van der Waals surface area contributed by atoms with E-state index in [2.05, 4.69) is 188 Å². The molecule has 8 rings (SSSR count). The zero-order valence-electron chi connectivity index (χ0n) is 31.4. The topological polar surface area (TPSA) is 43.2 Å². The monoisotopic (exact) mass is 1010 g/mol. The van der Waals surface area contributed by atoms with Crippen molar-refractivity contribution in [2.45, 2.75) is 39.8 Å². The summed E-state index contributed by atoms with van der Waals surface area (Å²) in [5.74, 6) is 4.90. The number of hydrogen-bond acceptors (Lipinski definition) is 4. The molecule has 55 heavy (non-hydrogen) atoms. The van der Waals surface area contributed by atoms with Crippen LogP contribution in [0.3, 0.4) is 0 Å². The predicted molar refractivity (Wildman–Crippen MR) is 221 cm³/mol. The molecule has 4 nitrogen and oxygen atoms in total. The first-order valence-corrected chi connectivity index (χ1v) is 20.9. The molecular weight excluding hydrogens is 963 g/mol. The van der Waals surface area contributed by atoms with E-state index in [-0.39, 0.29) is 63.9 Å². The second-order valence-corrected chi connectivity index (χ2v) is 18.1. The largest absolute Gasteiger partial charge is 3.00 e. The maximum atomic E-state index is 5.99. The van der Waals surface area contributed by atoms with Gasteiger partial charge in [0.05, 0.1) is 23.9 Å². The van der Waals surface area contributed by atoms with Crippen LogP contribution in [0.2, 0.25) is 0 Å². The van der Waals surface area contributed by atoms with Gasteiger partial charge in [-0.25, -0.2) is 9.98 Å². The quantitative estimate of drug-likeness (QED) is 0.153. The van der Waals surface area contributed by atoms with Gasteiger partial charge in [0.25, 0.3) is 0 Å². The zero-order chi connectivity index (χ0) is 35.9. The van der Waals surface area contributed by atoms with Crippen molar-refractivity contribution >= 4 is 48.9 Å². The fourth-order valence-electron chi connectivity index (χ4n) is 6.49. The zero-order valence-corrected chi connectivity index (χ0v) is 37.2. The molecule has 2 fully saturated rings.